The van der Waals surface area contributed by atoms with Crippen molar-refractivity contribution >= 4 is 22.8 Å². The van der Waals surface area contributed by atoms with Gasteiger partial charge in [0.1, 0.15) is 11.3 Å². The molecule has 0 aliphatic rings. The Bertz CT molecular complexity index is 1150. The van der Waals surface area contributed by atoms with Crippen molar-refractivity contribution in [1.82, 2.24) is 0 Å². The molecule has 0 amide bonds. The Hall–Kier alpha value is -3.74. The predicted molar refractivity (Wildman–Crippen MR) is 108 cm³/mol. The highest BCUT2D eigenvalue weighted by Crippen LogP contribution is 2.38. The average Bonchev–Trinajstić information content (AvgIpc) is 2.70. The molecule has 0 bridgehead atoms. The van der Waals surface area contributed by atoms with Crippen LogP contribution >= 0.6 is 0 Å². The van der Waals surface area contributed by atoms with Gasteiger partial charge in [-0.25, -0.2) is 4.79 Å². The number of benzene rings is 2. The van der Waals surface area contributed by atoms with Crippen molar-refractivity contribution in [2.75, 3.05) is 21.3 Å². The first-order valence-electron chi connectivity index (χ1n) is 8.68. The maximum absolute atomic E-state index is 12.7. The zero-order chi connectivity index (χ0) is 21.1. The summed E-state index contributed by atoms with van der Waals surface area (Å²) in [7, 11) is 4.51. The van der Waals surface area contributed by atoms with E-state index >= 15 is 0 Å². The van der Waals surface area contributed by atoms with Crippen LogP contribution in [0.25, 0.3) is 17.0 Å². The highest BCUT2D eigenvalue weighted by atomic mass is 16.5. The Morgan fingerprint density at radius 1 is 1.03 bits per heavy atom. The second kappa shape index (κ2) is 8.10. The SMILES string of the molecule is COc1cc(/C=C/C(=O)c2ccc3oc(=O)cc(C)c3c2O)cc(OC)c1OC. The van der Waals surface area contributed by atoms with Crippen LogP contribution in [0.15, 0.2) is 45.6 Å². The summed E-state index contributed by atoms with van der Waals surface area (Å²) in [5.41, 5.74) is 0.971. The summed E-state index contributed by atoms with van der Waals surface area (Å²) in [6.07, 6.45) is 2.91. The van der Waals surface area contributed by atoms with Gasteiger partial charge in [0.2, 0.25) is 5.75 Å². The Balaban J connectivity index is 2.00. The van der Waals surface area contributed by atoms with Crippen LogP contribution < -0.4 is 19.8 Å². The molecule has 0 saturated carbocycles. The molecule has 1 heterocycles. The van der Waals surface area contributed by atoms with Crippen molar-refractivity contribution in [3.05, 3.63) is 63.5 Å². The van der Waals surface area contributed by atoms with E-state index in [-0.39, 0.29) is 16.9 Å². The molecule has 7 heteroatoms. The van der Waals surface area contributed by atoms with Gasteiger partial charge < -0.3 is 23.7 Å². The number of fused-ring (bicyclic) bond motifs is 1. The zero-order valence-electron chi connectivity index (χ0n) is 16.4. The normalized spacial score (nSPS) is 11.0. The number of phenolic OH excluding ortho intramolecular Hbond substituents is 1. The van der Waals surface area contributed by atoms with Crippen LogP contribution in [0.3, 0.4) is 0 Å². The molecule has 0 unspecified atom stereocenters. The zero-order valence-corrected chi connectivity index (χ0v) is 16.4. The summed E-state index contributed by atoms with van der Waals surface area (Å²) in [6.45, 7) is 1.67. The third-order valence-corrected chi connectivity index (χ3v) is 4.46. The number of carbonyl (C=O) groups excluding carboxylic acids is 1. The summed E-state index contributed by atoms with van der Waals surface area (Å²) in [5, 5.41) is 10.9. The molecule has 150 valence electrons. The number of aryl methyl sites for hydroxylation is 1. The van der Waals surface area contributed by atoms with E-state index in [1.807, 2.05) is 0 Å². The van der Waals surface area contributed by atoms with E-state index in [1.54, 1.807) is 25.1 Å². The molecule has 0 radical (unpaired) electrons. The van der Waals surface area contributed by atoms with Crippen LogP contribution in [0.5, 0.6) is 23.0 Å². The Morgan fingerprint density at radius 2 is 1.69 bits per heavy atom. The van der Waals surface area contributed by atoms with E-state index in [0.717, 1.165) is 0 Å². The minimum atomic E-state index is -0.518. The molecule has 1 N–H and O–H groups in total. The van der Waals surface area contributed by atoms with Gasteiger partial charge in [0.25, 0.3) is 0 Å². The summed E-state index contributed by atoms with van der Waals surface area (Å²) >= 11 is 0. The molecule has 29 heavy (non-hydrogen) atoms. The number of rotatable bonds is 6. The van der Waals surface area contributed by atoms with E-state index in [0.29, 0.717) is 33.8 Å². The lowest BCUT2D eigenvalue weighted by Crippen LogP contribution is -2.01. The van der Waals surface area contributed by atoms with Crippen molar-refractivity contribution in [3.63, 3.8) is 0 Å². The van der Waals surface area contributed by atoms with Crippen LogP contribution in [-0.2, 0) is 0 Å². The summed E-state index contributed by atoms with van der Waals surface area (Å²) in [6, 6.07) is 7.57. The maximum Gasteiger partial charge on any atom is 0.336 e. The van der Waals surface area contributed by atoms with Gasteiger partial charge in [0, 0.05) is 6.07 Å². The molecule has 0 spiro atoms. The molecule has 0 aliphatic heterocycles. The fourth-order valence-corrected chi connectivity index (χ4v) is 3.08. The third-order valence-electron chi connectivity index (χ3n) is 4.46. The van der Waals surface area contributed by atoms with E-state index in [1.165, 1.54) is 45.6 Å². The number of hydrogen-bond donors (Lipinski definition) is 1. The van der Waals surface area contributed by atoms with E-state index in [4.69, 9.17) is 18.6 Å². The first kappa shape index (κ1) is 20.0. The number of allylic oxidation sites excluding steroid dienone is 1. The smallest absolute Gasteiger partial charge is 0.336 e. The van der Waals surface area contributed by atoms with Gasteiger partial charge in [0.05, 0.1) is 32.3 Å². The number of aromatic hydroxyl groups is 1. The fourth-order valence-electron chi connectivity index (χ4n) is 3.08. The van der Waals surface area contributed by atoms with E-state index in [9.17, 15) is 14.7 Å². The summed E-state index contributed by atoms with van der Waals surface area (Å²) < 4.78 is 21.0. The molecule has 7 nitrogen and oxygen atoms in total. The van der Waals surface area contributed by atoms with Crippen molar-refractivity contribution in [3.8, 4) is 23.0 Å². The predicted octanol–water partition coefficient (Wildman–Crippen LogP) is 3.73. The molecular formula is C22H20O7. The van der Waals surface area contributed by atoms with Crippen LogP contribution in [0, 0.1) is 6.92 Å². The number of phenols is 1. The van der Waals surface area contributed by atoms with Gasteiger partial charge in [-0.1, -0.05) is 6.08 Å². The fraction of sp³-hybridized carbons (Fsp3) is 0.182. The van der Waals surface area contributed by atoms with Crippen molar-refractivity contribution < 1.29 is 28.5 Å². The van der Waals surface area contributed by atoms with Crippen LogP contribution in [0.2, 0.25) is 0 Å². The molecule has 1 aromatic heterocycles. The second-order valence-corrected chi connectivity index (χ2v) is 6.24. The molecule has 0 fully saturated rings. The molecule has 0 saturated heterocycles. The van der Waals surface area contributed by atoms with Crippen LogP contribution in [0.4, 0.5) is 0 Å². The lowest BCUT2D eigenvalue weighted by Gasteiger charge is -2.12. The van der Waals surface area contributed by atoms with Crippen molar-refractivity contribution in [2.24, 2.45) is 0 Å². The Morgan fingerprint density at radius 3 is 2.28 bits per heavy atom. The number of ether oxygens (including phenoxy) is 3. The van der Waals surface area contributed by atoms with Crippen molar-refractivity contribution in [1.29, 1.82) is 0 Å². The van der Waals surface area contributed by atoms with Crippen LogP contribution in [-0.4, -0.2) is 32.2 Å². The highest BCUT2D eigenvalue weighted by Gasteiger charge is 2.16. The molecule has 0 atom stereocenters. The first-order chi connectivity index (χ1) is 13.9. The molecule has 2 aromatic carbocycles. The largest absolute Gasteiger partial charge is 0.506 e. The van der Waals surface area contributed by atoms with Gasteiger partial charge >= 0.3 is 5.63 Å². The molecule has 0 aliphatic carbocycles. The lowest BCUT2D eigenvalue weighted by atomic mass is 10.0. The van der Waals surface area contributed by atoms with Crippen LogP contribution in [0.1, 0.15) is 21.5 Å². The third kappa shape index (κ3) is 3.80. The number of methoxy groups -OCH3 is 3. The molecule has 3 aromatic rings. The number of ketones is 1. The van der Waals surface area contributed by atoms with Gasteiger partial charge in [-0.15, -0.1) is 0 Å². The number of hydrogen-bond acceptors (Lipinski definition) is 7. The number of carbonyl (C=O) groups is 1. The quantitative estimate of drug-likeness (QED) is 0.385. The van der Waals surface area contributed by atoms with E-state index < -0.39 is 11.4 Å². The molecule has 3 rings (SSSR count). The first-order valence-corrected chi connectivity index (χ1v) is 8.68. The van der Waals surface area contributed by atoms with Crippen molar-refractivity contribution in [2.45, 2.75) is 6.92 Å². The Kier molecular flexibility index (Phi) is 5.59. The monoisotopic (exact) mass is 396 g/mol. The second-order valence-electron chi connectivity index (χ2n) is 6.24. The highest BCUT2D eigenvalue weighted by molar-refractivity contribution is 6.11. The topological polar surface area (TPSA) is 95.2 Å². The summed E-state index contributed by atoms with van der Waals surface area (Å²) in [4.78, 5) is 24.2. The van der Waals surface area contributed by atoms with Gasteiger partial charge in [-0.05, 0) is 48.4 Å². The van der Waals surface area contributed by atoms with Gasteiger partial charge in [-0.2, -0.15) is 0 Å². The van der Waals surface area contributed by atoms with Gasteiger partial charge in [0.15, 0.2) is 17.3 Å². The minimum Gasteiger partial charge on any atom is -0.506 e. The lowest BCUT2D eigenvalue weighted by molar-refractivity contribution is 0.104. The standard InChI is InChI=1S/C22H20O7/c1-12-9-19(24)29-16-8-6-14(21(25)20(12)16)15(23)7-5-13-10-17(26-2)22(28-4)18(11-13)27-3/h5-11,25H,1-4H3/b7-5+. The summed E-state index contributed by atoms with van der Waals surface area (Å²) in [5.74, 6) is 0.714. The average molecular weight is 396 g/mol. The maximum atomic E-state index is 12.7. The molecular weight excluding hydrogens is 376 g/mol. The minimum absolute atomic E-state index is 0.0955. The van der Waals surface area contributed by atoms with E-state index in [2.05, 4.69) is 0 Å². The van der Waals surface area contributed by atoms with Gasteiger partial charge in [-0.3, -0.25) is 4.79 Å². The Labute approximate surface area is 166 Å².